The smallest absolute Gasteiger partial charge is 0.416 e. The fourth-order valence-electron chi connectivity index (χ4n) is 3.10. The molecule has 11 heteroatoms. The number of ether oxygens (including phenoxy) is 1. The van der Waals surface area contributed by atoms with E-state index in [4.69, 9.17) is 16.3 Å². The van der Waals surface area contributed by atoms with Crippen LogP contribution in [0.2, 0.25) is 5.02 Å². The Labute approximate surface area is 199 Å². The van der Waals surface area contributed by atoms with Gasteiger partial charge < -0.3 is 9.84 Å². The molecule has 34 heavy (non-hydrogen) atoms. The van der Waals surface area contributed by atoms with Crippen LogP contribution in [0.1, 0.15) is 22.8 Å². The predicted octanol–water partition coefficient (Wildman–Crippen LogP) is 5.38. The van der Waals surface area contributed by atoms with Crippen molar-refractivity contribution in [2.24, 2.45) is 0 Å². The molecule has 3 aromatic carbocycles. The van der Waals surface area contributed by atoms with Crippen LogP contribution in [0.4, 0.5) is 13.2 Å². The number of hydrogen-bond donors (Lipinski definition) is 1. The van der Waals surface area contributed by atoms with Crippen LogP contribution in [-0.2, 0) is 27.5 Å². The zero-order chi connectivity index (χ0) is 25.1. The molecule has 0 aliphatic heterocycles. The summed E-state index contributed by atoms with van der Waals surface area (Å²) < 4.78 is 70.9. The number of aliphatic carboxylic acids is 1. The summed E-state index contributed by atoms with van der Waals surface area (Å²) in [5.41, 5.74) is -0.579. The van der Waals surface area contributed by atoms with Gasteiger partial charge in [-0.25, -0.2) is 13.2 Å². The van der Waals surface area contributed by atoms with Gasteiger partial charge in [0.05, 0.1) is 10.5 Å². The normalized spacial score (nSPS) is 13.0. The Morgan fingerprint density at radius 2 is 1.71 bits per heavy atom. The number of alkyl halides is 3. The number of carbonyl (C=O) groups is 1. The zero-order valence-electron chi connectivity index (χ0n) is 17.7. The van der Waals surface area contributed by atoms with Gasteiger partial charge in [0.2, 0.25) is 16.1 Å². The Bertz CT molecular complexity index is 1280. The van der Waals surface area contributed by atoms with Gasteiger partial charge in [0.15, 0.2) is 0 Å². The molecule has 0 aliphatic rings. The highest BCUT2D eigenvalue weighted by atomic mass is 35.5. The minimum Gasteiger partial charge on any atom is -0.478 e. The van der Waals surface area contributed by atoms with Crippen molar-refractivity contribution in [2.75, 3.05) is 7.05 Å². The van der Waals surface area contributed by atoms with Crippen LogP contribution in [0.15, 0.2) is 77.7 Å². The quantitative estimate of drug-likeness (QED) is 0.437. The van der Waals surface area contributed by atoms with Crippen LogP contribution >= 0.6 is 11.6 Å². The second-order valence-corrected chi connectivity index (χ2v) is 9.80. The van der Waals surface area contributed by atoms with E-state index in [1.165, 1.54) is 55.6 Å². The maximum atomic E-state index is 13.0. The number of halogens is 4. The van der Waals surface area contributed by atoms with E-state index in [0.29, 0.717) is 5.56 Å². The molecule has 180 valence electrons. The van der Waals surface area contributed by atoms with Gasteiger partial charge in [0.1, 0.15) is 5.75 Å². The Morgan fingerprint density at radius 1 is 1.06 bits per heavy atom. The van der Waals surface area contributed by atoms with E-state index in [2.05, 4.69) is 0 Å². The van der Waals surface area contributed by atoms with Crippen LogP contribution in [-0.4, -0.2) is 30.8 Å². The maximum Gasteiger partial charge on any atom is 0.416 e. The standard InChI is InChI=1S/C23H19ClF3NO5S/c1-28(34(31,32)20-7-3-6-18(24)13-20)14-15-8-10-19(11-9-15)33-21(22(29)30)16-4-2-5-17(12-16)23(25,26)27/h2-13,21H,14H2,1H3,(H,29,30). The van der Waals surface area contributed by atoms with E-state index in [1.54, 1.807) is 6.07 Å². The van der Waals surface area contributed by atoms with Crippen molar-refractivity contribution in [3.8, 4) is 5.75 Å². The molecule has 0 spiro atoms. The van der Waals surface area contributed by atoms with Crippen molar-refractivity contribution in [3.05, 3.63) is 94.5 Å². The second kappa shape index (κ2) is 10.0. The van der Waals surface area contributed by atoms with Gasteiger partial charge >= 0.3 is 12.1 Å². The third-order valence-electron chi connectivity index (χ3n) is 4.83. The number of nitrogens with zero attached hydrogens (tertiary/aromatic N) is 1. The van der Waals surface area contributed by atoms with Crippen molar-refractivity contribution in [1.82, 2.24) is 4.31 Å². The lowest BCUT2D eigenvalue weighted by Crippen LogP contribution is -2.26. The fraction of sp³-hybridized carbons (Fsp3) is 0.174. The Balaban J connectivity index is 1.75. The molecule has 0 radical (unpaired) electrons. The van der Waals surface area contributed by atoms with Gasteiger partial charge in [0.25, 0.3) is 0 Å². The Kier molecular flexibility index (Phi) is 7.54. The minimum atomic E-state index is -4.63. The fourth-order valence-corrected chi connectivity index (χ4v) is 4.56. The first kappa shape index (κ1) is 25.5. The average Bonchev–Trinajstić information content (AvgIpc) is 2.77. The molecule has 0 bridgehead atoms. The van der Waals surface area contributed by atoms with E-state index in [-0.39, 0.29) is 27.8 Å². The van der Waals surface area contributed by atoms with Crippen LogP contribution in [0.25, 0.3) is 0 Å². The summed E-state index contributed by atoms with van der Waals surface area (Å²) in [6.45, 7) is 0.00507. The number of rotatable bonds is 8. The molecule has 0 aliphatic carbocycles. The molecule has 0 aromatic heterocycles. The summed E-state index contributed by atoms with van der Waals surface area (Å²) in [5, 5.41) is 9.77. The monoisotopic (exact) mass is 513 g/mol. The zero-order valence-corrected chi connectivity index (χ0v) is 19.2. The number of benzene rings is 3. The van der Waals surface area contributed by atoms with Gasteiger partial charge in [-0.3, -0.25) is 0 Å². The lowest BCUT2D eigenvalue weighted by molar-refractivity contribution is -0.146. The molecule has 6 nitrogen and oxygen atoms in total. The predicted molar refractivity (Wildman–Crippen MR) is 119 cm³/mol. The largest absolute Gasteiger partial charge is 0.478 e. The summed E-state index contributed by atoms with van der Waals surface area (Å²) in [7, 11) is -2.41. The van der Waals surface area contributed by atoms with E-state index in [1.807, 2.05) is 0 Å². The SMILES string of the molecule is CN(Cc1ccc(OC(C(=O)O)c2cccc(C(F)(F)F)c2)cc1)S(=O)(=O)c1cccc(Cl)c1. The topological polar surface area (TPSA) is 83.9 Å². The lowest BCUT2D eigenvalue weighted by Gasteiger charge is -2.19. The first-order valence-corrected chi connectivity index (χ1v) is 11.6. The molecule has 0 saturated heterocycles. The minimum absolute atomic E-state index is 0.00507. The first-order chi connectivity index (χ1) is 15.9. The summed E-state index contributed by atoms with van der Waals surface area (Å²) in [6.07, 6.45) is -6.29. The summed E-state index contributed by atoms with van der Waals surface area (Å²) >= 11 is 5.88. The van der Waals surface area contributed by atoms with Crippen LogP contribution < -0.4 is 4.74 Å². The van der Waals surface area contributed by atoms with E-state index < -0.39 is 33.8 Å². The Morgan fingerprint density at radius 3 is 2.29 bits per heavy atom. The molecule has 0 fully saturated rings. The third kappa shape index (κ3) is 6.07. The number of hydrogen-bond acceptors (Lipinski definition) is 4. The highest BCUT2D eigenvalue weighted by Gasteiger charge is 2.32. The summed E-state index contributed by atoms with van der Waals surface area (Å²) in [6, 6.07) is 15.6. The molecule has 3 rings (SSSR count). The number of carboxylic acid groups (broad SMARTS) is 1. The molecule has 1 unspecified atom stereocenters. The second-order valence-electron chi connectivity index (χ2n) is 7.32. The number of sulfonamides is 1. The van der Waals surface area contributed by atoms with Crippen molar-refractivity contribution in [2.45, 2.75) is 23.7 Å². The van der Waals surface area contributed by atoms with Crippen molar-refractivity contribution in [3.63, 3.8) is 0 Å². The molecule has 1 N–H and O–H groups in total. The molecule has 0 amide bonds. The van der Waals surface area contributed by atoms with Gasteiger partial charge in [-0.05, 0) is 48.0 Å². The molecular formula is C23H19ClF3NO5S. The first-order valence-electron chi connectivity index (χ1n) is 9.75. The van der Waals surface area contributed by atoms with Crippen molar-refractivity contribution in [1.29, 1.82) is 0 Å². The highest BCUT2D eigenvalue weighted by Crippen LogP contribution is 2.32. The lowest BCUT2D eigenvalue weighted by atomic mass is 10.1. The van der Waals surface area contributed by atoms with Gasteiger partial charge in [-0.15, -0.1) is 0 Å². The van der Waals surface area contributed by atoms with Crippen LogP contribution in [0.3, 0.4) is 0 Å². The van der Waals surface area contributed by atoms with Crippen LogP contribution in [0, 0.1) is 0 Å². The van der Waals surface area contributed by atoms with Crippen molar-refractivity contribution >= 4 is 27.6 Å². The van der Waals surface area contributed by atoms with Crippen LogP contribution in [0.5, 0.6) is 5.75 Å². The van der Waals surface area contributed by atoms with E-state index in [0.717, 1.165) is 22.5 Å². The highest BCUT2D eigenvalue weighted by molar-refractivity contribution is 7.89. The van der Waals surface area contributed by atoms with Crippen molar-refractivity contribution < 1.29 is 36.2 Å². The van der Waals surface area contributed by atoms with E-state index in [9.17, 15) is 31.5 Å². The van der Waals surface area contributed by atoms with E-state index >= 15 is 0 Å². The summed E-state index contributed by atoms with van der Waals surface area (Å²) in [4.78, 5) is 11.7. The average molecular weight is 514 g/mol. The molecule has 1 atom stereocenters. The maximum absolute atomic E-state index is 13.0. The van der Waals surface area contributed by atoms with Gasteiger partial charge in [-0.1, -0.05) is 41.9 Å². The van der Waals surface area contributed by atoms with Gasteiger partial charge in [0, 0.05) is 24.2 Å². The third-order valence-corrected chi connectivity index (χ3v) is 6.86. The molecule has 0 saturated carbocycles. The Hall–Kier alpha value is -3.08. The summed E-state index contributed by atoms with van der Waals surface area (Å²) in [5.74, 6) is -1.37. The molecule has 3 aromatic rings. The molecular weight excluding hydrogens is 495 g/mol. The molecule has 0 heterocycles. The number of carboxylic acids is 1. The van der Waals surface area contributed by atoms with Gasteiger partial charge in [-0.2, -0.15) is 17.5 Å².